The van der Waals surface area contributed by atoms with E-state index in [0.29, 0.717) is 11.6 Å². The summed E-state index contributed by atoms with van der Waals surface area (Å²) in [6.07, 6.45) is 5.25. The van der Waals surface area contributed by atoms with Crippen LogP contribution in [0.2, 0.25) is 5.02 Å². The molecule has 5 heteroatoms. The van der Waals surface area contributed by atoms with Crippen LogP contribution in [0.25, 0.3) is 11.1 Å². The molecule has 1 saturated heterocycles. The third-order valence-corrected chi connectivity index (χ3v) is 6.86. The first kappa shape index (κ1) is 25.3. The van der Waals surface area contributed by atoms with Crippen molar-refractivity contribution in [1.29, 1.82) is 0 Å². The molecule has 1 fully saturated rings. The lowest BCUT2D eigenvalue weighted by Gasteiger charge is -2.20. The second-order valence-electron chi connectivity index (χ2n) is 8.98. The van der Waals surface area contributed by atoms with Crippen molar-refractivity contribution < 1.29 is 13.9 Å². The monoisotopic (exact) mass is 493 g/mol. The summed E-state index contributed by atoms with van der Waals surface area (Å²) >= 11 is 6.16. The molecule has 0 spiro atoms. The molecule has 0 unspecified atom stereocenters. The summed E-state index contributed by atoms with van der Waals surface area (Å²) in [4.78, 5) is 2.50. The molecule has 0 aromatic heterocycles. The second kappa shape index (κ2) is 12.2. The molecule has 3 aromatic carbocycles. The first-order valence-corrected chi connectivity index (χ1v) is 12.7. The number of ether oxygens (including phenoxy) is 2. The fraction of sp³-hybridized carbons (Fsp3) is 0.333. The van der Waals surface area contributed by atoms with Crippen LogP contribution < -0.4 is 9.47 Å². The third-order valence-electron chi connectivity index (χ3n) is 6.61. The molecule has 0 aliphatic carbocycles. The Morgan fingerprint density at radius 1 is 0.857 bits per heavy atom. The van der Waals surface area contributed by atoms with Crippen LogP contribution >= 0.6 is 11.6 Å². The molecule has 35 heavy (non-hydrogen) atoms. The van der Waals surface area contributed by atoms with E-state index in [-0.39, 0.29) is 11.6 Å². The van der Waals surface area contributed by atoms with Gasteiger partial charge < -0.3 is 9.47 Å². The SMILES string of the molecule is COc1cc(/C(C)=C(\c2ccc(Cl)cc2)c2ccc(OCCN3CCCCCC3)cc2)ccc1F. The van der Waals surface area contributed by atoms with E-state index < -0.39 is 0 Å². The Labute approximate surface area is 213 Å². The smallest absolute Gasteiger partial charge is 0.165 e. The Hall–Kier alpha value is -2.82. The first-order valence-electron chi connectivity index (χ1n) is 12.3. The molecule has 0 atom stereocenters. The summed E-state index contributed by atoms with van der Waals surface area (Å²) in [5.41, 5.74) is 5.04. The molecule has 3 aromatic rings. The normalized spacial score (nSPS) is 15.3. The van der Waals surface area contributed by atoms with E-state index in [1.807, 2.05) is 43.3 Å². The van der Waals surface area contributed by atoms with Gasteiger partial charge in [-0.3, -0.25) is 4.90 Å². The van der Waals surface area contributed by atoms with Crippen LogP contribution in [0.1, 0.15) is 49.3 Å². The lowest BCUT2D eigenvalue weighted by Crippen LogP contribution is -2.29. The second-order valence-corrected chi connectivity index (χ2v) is 9.42. The van der Waals surface area contributed by atoms with E-state index >= 15 is 0 Å². The zero-order valence-electron chi connectivity index (χ0n) is 20.5. The molecule has 0 bridgehead atoms. The Bertz CT molecular complexity index is 1130. The number of allylic oxidation sites excluding steroid dienone is 1. The quantitative estimate of drug-likeness (QED) is 0.300. The summed E-state index contributed by atoms with van der Waals surface area (Å²) in [7, 11) is 1.48. The van der Waals surface area contributed by atoms with Crippen molar-refractivity contribution in [3.63, 3.8) is 0 Å². The summed E-state index contributed by atoms with van der Waals surface area (Å²) in [6, 6.07) is 20.9. The van der Waals surface area contributed by atoms with E-state index in [4.69, 9.17) is 21.1 Å². The van der Waals surface area contributed by atoms with Crippen LogP contribution in [0.3, 0.4) is 0 Å². The van der Waals surface area contributed by atoms with Gasteiger partial charge in [-0.15, -0.1) is 0 Å². The van der Waals surface area contributed by atoms with Crippen molar-refractivity contribution in [2.24, 2.45) is 0 Å². The highest BCUT2D eigenvalue weighted by Crippen LogP contribution is 2.35. The van der Waals surface area contributed by atoms with E-state index in [9.17, 15) is 4.39 Å². The lowest BCUT2D eigenvalue weighted by molar-refractivity contribution is 0.214. The molecule has 1 aliphatic rings. The zero-order chi connectivity index (χ0) is 24.6. The van der Waals surface area contributed by atoms with Gasteiger partial charge in [0, 0.05) is 11.6 Å². The maximum atomic E-state index is 14.0. The maximum Gasteiger partial charge on any atom is 0.165 e. The molecule has 4 rings (SSSR count). The van der Waals surface area contributed by atoms with E-state index in [1.54, 1.807) is 12.1 Å². The van der Waals surface area contributed by atoms with Gasteiger partial charge in [-0.2, -0.15) is 0 Å². The van der Waals surface area contributed by atoms with Gasteiger partial charge in [0.05, 0.1) is 7.11 Å². The van der Waals surface area contributed by atoms with Crippen molar-refractivity contribution >= 4 is 22.7 Å². The lowest BCUT2D eigenvalue weighted by atomic mass is 9.90. The molecular formula is C30H33ClFNO2. The van der Waals surface area contributed by atoms with Gasteiger partial charge in [0.1, 0.15) is 12.4 Å². The van der Waals surface area contributed by atoms with Crippen LogP contribution in [0.4, 0.5) is 4.39 Å². The molecule has 0 amide bonds. The van der Waals surface area contributed by atoms with Gasteiger partial charge in [-0.1, -0.05) is 54.8 Å². The number of benzene rings is 3. The number of methoxy groups -OCH3 is 1. The largest absolute Gasteiger partial charge is 0.494 e. The first-order chi connectivity index (χ1) is 17.0. The Kier molecular flexibility index (Phi) is 8.84. The minimum Gasteiger partial charge on any atom is -0.494 e. The minimum atomic E-state index is -0.376. The van der Waals surface area contributed by atoms with Gasteiger partial charge in [-0.05, 0) is 97.1 Å². The average Bonchev–Trinajstić information content (AvgIpc) is 3.15. The van der Waals surface area contributed by atoms with Crippen molar-refractivity contribution in [3.05, 3.63) is 94.3 Å². The van der Waals surface area contributed by atoms with Crippen LogP contribution in [-0.4, -0.2) is 38.3 Å². The van der Waals surface area contributed by atoms with Gasteiger partial charge in [-0.25, -0.2) is 4.39 Å². The maximum absolute atomic E-state index is 14.0. The average molecular weight is 494 g/mol. The Morgan fingerprint density at radius 3 is 2.09 bits per heavy atom. The predicted octanol–water partition coefficient (Wildman–Crippen LogP) is 7.72. The molecule has 0 N–H and O–H groups in total. The fourth-order valence-electron chi connectivity index (χ4n) is 4.62. The number of likely N-dealkylation sites (tertiary alicyclic amines) is 1. The van der Waals surface area contributed by atoms with Gasteiger partial charge in [0.25, 0.3) is 0 Å². The zero-order valence-corrected chi connectivity index (χ0v) is 21.3. The van der Waals surface area contributed by atoms with Crippen LogP contribution in [0.15, 0.2) is 66.7 Å². The summed E-state index contributed by atoms with van der Waals surface area (Å²) in [5, 5.41) is 0.683. The van der Waals surface area contributed by atoms with Crippen molar-refractivity contribution in [1.82, 2.24) is 4.90 Å². The van der Waals surface area contributed by atoms with E-state index in [1.165, 1.54) is 51.9 Å². The van der Waals surface area contributed by atoms with Crippen LogP contribution in [0, 0.1) is 5.82 Å². The van der Waals surface area contributed by atoms with Gasteiger partial charge in [0.2, 0.25) is 0 Å². The molecule has 3 nitrogen and oxygen atoms in total. The summed E-state index contributed by atoms with van der Waals surface area (Å²) in [6.45, 7) is 6.04. The number of hydrogen-bond donors (Lipinski definition) is 0. The summed E-state index contributed by atoms with van der Waals surface area (Å²) in [5.74, 6) is 0.712. The molecule has 0 radical (unpaired) electrons. The van der Waals surface area contributed by atoms with Gasteiger partial charge >= 0.3 is 0 Å². The van der Waals surface area contributed by atoms with E-state index in [0.717, 1.165) is 40.1 Å². The van der Waals surface area contributed by atoms with Crippen molar-refractivity contribution in [2.45, 2.75) is 32.6 Å². The fourth-order valence-corrected chi connectivity index (χ4v) is 4.75. The highest BCUT2D eigenvalue weighted by atomic mass is 35.5. The van der Waals surface area contributed by atoms with E-state index in [2.05, 4.69) is 17.0 Å². The molecule has 184 valence electrons. The van der Waals surface area contributed by atoms with Crippen molar-refractivity contribution in [3.8, 4) is 11.5 Å². The summed E-state index contributed by atoms with van der Waals surface area (Å²) < 4.78 is 25.3. The number of rotatable bonds is 8. The number of nitrogens with zero attached hydrogens (tertiary/aromatic N) is 1. The molecular weight excluding hydrogens is 461 g/mol. The predicted molar refractivity (Wildman–Crippen MR) is 143 cm³/mol. The van der Waals surface area contributed by atoms with Crippen molar-refractivity contribution in [2.75, 3.05) is 33.4 Å². The molecule has 1 heterocycles. The standard InChI is InChI=1S/C30H33ClFNO2/c1-22(25-11-16-28(32)29(21-25)34-2)30(23-7-12-26(31)13-8-23)24-9-14-27(15-10-24)35-20-19-33-17-5-3-4-6-18-33/h7-16,21H,3-6,17-20H2,1-2H3/b30-22+. The van der Waals surface area contributed by atoms with Gasteiger partial charge in [0.15, 0.2) is 11.6 Å². The van der Waals surface area contributed by atoms with Crippen LogP contribution in [-0.2, 0) is 0 Å². The highest BCUT2D eigenvalue weighted by Gasteiger charge is 2.14. The molecule has 1 aliphatic heterocycles. The molecule has 0 saturated carbocycles. The number of halogens is 2. The van der Waals surface area contributed by atoms with Crippen LogP contribution in [0.5, 0.6) is 11.5 Å². The topological polar surface area (TPSA) is 21.7 Å². The number of hydrogen-bond acceptors (Lipinski definition) is 3. The Morgan fingerprint density at radius 2 is 1.46 bits per heavy atom. The Balaban J connectivity index is 1.58. The third kappa shape index (κ3) is 6.65. The minimum absolute atomic E-state index is 0.227. The highest BCUT2D eigenvalue weighted by molar-refractivity contribution is 6.30.